The number of nitrogens with zero attached hydrogens (tertiary/aromatic N) is 3. The third-order valence-corrected chi connectivity index (χ3v) is 5.39. The maximum atomic E-state index is 12.4. The van der Waals surface area contributed by atoms with Gasteiger partial charge in [-0.3, -0.25) is 5.43 Å². The first-order valence-corrected chi connectivity index (χ1v) is 10.6. The summed E-state index contributed by atoms with van der Waals surface area (Å²) in [5, 5.41) is 7.37. The Labute approximate surface area is 178 Å². The number of aryl methyl sites for hydroxylation is 1. The highest BCUT2D eigenvalue weighted by atomic mass is 16.5. The molecule has 0 aliphatic carbocycles. The highest BCUT2D eigenvalue weighted by Gasteiger charge is 2.28. The predicted molar refractivity (Wildman–Crippen MR) is 120 cm³/mol. The van der Waals surface area contributed by atoms with Crippen LogP contribution in [0.1, 0.15) is 30.9 Å². The molecule has 8 nitrogen and oxygen atoms in total. The summed E-state index contributed by atoms with van der Waals surface area (Å²) >= 11 is 0. The molecule has 0 radical (unpaired) electrons. The van der Waals surface area contributed by atoms with Crippen LogP contribution in [0, 0.1) is 0 Å². The van der Waals surface area contributed by atoms with Gasteiger partial charge in [0.1, 0.15) is 5.75 Å². The van der Waals surface area contributed by atoms with Gasteiger partial charge in [0.05, 0.1) is 25.9 Å². The van der Waals surface area contributed by atoms with Crippen LogP contribution in [0.3, 0.4) is 0 Å². The molecule has 0 unspecified atom stereocenters. The summed E-state index contributed by atoms with van der Waals surface area (Å²) in [5.74, 6) is 0.384. The Balaban J connectivity index is 1.91. The monoisotopic (exact) mass is 415 g/mol. The van der Waals surface area contributed by atoms with Gasteiger partial charge in [-0.25, -0.2) is 4.79 Å². The molecule has 2 heterocycles. The molecular weight excluding hydrogens is 382 g/mol. The van der Waals surface area contributed by atoms with Gasteiger partial charge in [0.25, 0.3) is 0 Å². The summed E-state index contributed by atoms with van der Waals surface area (Å²) in [5.41, 5.74) is 8.10. The van der Waals surface area contributed by atoms with E-state index in [2.05, 4.69) is 26.8 Å². The second-order valence-corrected chi connectivity index (χ2v) is 7.55. The van der Waals surface area contributed by atoms with Crippen LogP contribution in [0.5, 0.6) is 5.75 Å². The SMILES string of the molecule is CCOC(=O)/C(CN(C)/C=C\NC)=N\Nc1cc2c3c(c1OC)CCCN3CCC2. The van der Waals surface area contributed by atoms with Crippen molar-refractivity contribution >= 4 is 23.1 Å². The van der Waals surface area contributed by atoms with Gasteiger partial charge >= 0.3 is 5.97 Å². The minimum absolute atomic E-state index is 0.301. The smallest absolute Gasteiger partial charge is 0.356 e. The van der Waals surface area contributed by atoms with Crippen molar-refractivity contribution < 1.29 is 14.3 Å². The van der Waals surface area contributed by atoms with Gasteiger partial charge in [-0.05, 0) is 44.2 Å². The largest absolute Gasteiger partial charge is 0.494 e. The number of anilines is 2. The van der Waals surface area contributed by atoms with Crippen molar-refractivity contribution in [3.05, 3.63) is 29.6 Å². The minimum atomic E-state index is -0.431. The third kappa shape index (κ3) is 4.80. The lowest BCUT2D eigenvalue weighted by molar-refractivity contribution is -0.135. The quantitative estimate of drug-likeness (QED) is 0.364. The number of ether oxygens (including phenoxy) is 2. The molecule has 0 bridgehead atoms. The van der Waals surface area contributed by atoms with Gasteiger partial charge in [0.15, 0.2) is 5.71 Å². The average molecular weight is 416 g/mol. The van der Waals surface area contributed by atoms with Gasteiger partial charge in [-0.1, -0.05) is 0 Å². The van der Waals surface area contributed by atoms with E-state index in [4.69, 9.17) is 9.47 Å². The summed E-state index contributed by atoms with van der Waals surface area (Å²) in [4.78, 5) is 16.8. The Morgan fingerprint density at radius 2 is 2.10 bits per heavy atom. The topological polar surface area (TPSA) is 78.4 Å². The van der Waals surface area contributed by atoms with E-state index in [1.165, 1.54) is 16.8 Å². The van der Waals surface area contributed by atoms with Crippen molar-refractivity contribution in [1.82, 2.24) is 10.2 Å². The molecule has 1 aromatic carbocycles. The van der Waals surface area contributed by atoms with E-state index in [9.17, 15) is 4.79 Å². The molecule has 3 rings (SSSR count). The van der Waals surface area contributed by atoms with Crippen molar-refractivity contribution in [2.24, 2.45) is 5.10 Å². The molecule has 8 heteroatoms. The second kappa shape index (κ2) is 10.2. The zero-order chi connectivity index (χ0) is 21.5. The van der Waals surface area contributed by atoms with Crippen molar-refractivity contribution in [1.29, 1.82) is 0 Å². The Bertz CT molecular complexity index is 819. The fourth-order valence-corrected chi connectivity index (χ4v) is 4.13. The van der Waals surface area contributed by atoms with Crippen LogP contribution < -0.4 is 20.4 Å². The summed E-state index contributed by atoms with van der Waals surface area (Å²) < 4.78 is 11.0. The van der Waals surface area contributed by atoms with E-state index < -0.39 is 5.97 Å². The molecule has 30 heavy (non-hydrogen) atoms. The van der Waals surface area contributed by atoms with Crippen LogP contribution >= 0.6 is 0 Å². The number of benzene rings is 1. The van der Waals surface area contributed by atoms with Crippen LogP contribution in [-0.4, -0.2) is 64.0 Å². The lowest BCUT2D eigenvalue weighted by atomic mass is 9.90. The van der Waals surface area contributed by atoms with Gasteiger partial charge in [0.2, 0.25) is 0 Å². The highest BCUT2D eigenvalue weighted by Crippen LogP contribution is 2.44. The molecular formula is C22H33N5O3. The van der Waals surface area contributed by atoms with Crippen LogP contribution in [0.15, 0.2) is 23.6 Å². The Hall–Kier alpha value is -2.90. The van der Waals surface area contributed by atoms with Crippen LogP contribution in [0.2, 0.25) is 0 Å². The number of nitrogens with one attached hydrogen (secondary N) is 2. The number of hydrogen-bond donors (Lipinski definition) is 2. The van der Waals surface area contributed by atoms with E-state index in [-0.39, 0.29) is 0 Å². The third-order valence-electron chi connectivity index (χ3n) is 5.39. The molecule has 2 aliphatic heterocycles. The summed E-state index contributed by atoms with van der Waals surface area (Å²) in [7, 11) is 5.39. The first-order chi connectivity index (χ1) is 14.6. The highest BCUT2D eigenvalue weighted by molar-refractivity contribution is 6.37. The van der Waals surface area contributed by atoms with Crippen LogP contribution in [0.25, 0.3) is 0 Å². The first kappa shape index (κ1) is 21.8. The number of carbonyl (C=O) groups excluding carboxylic acids is 1. The average Bonchev–Trinajstić information content (AvgIpc) is 2.75. The van der Waals surface area contributed by atoms with E-state index in [0.29, 0.717) is 18.9 Å². The van der Waals surface area contributed by atoms with Gasteiger partial charge in [0, 0.05) is 50.8 Å². The summed E-state index contributed by atoms with van der Waals surface area (Å²) in [6, 6.07) is 2.12. The maximum absolute atomic E-state index is 12.4. The van der Waals surface area contributed by atoms with Gasteiger partial charge < -0.3 is 24.6 Å². The zero-order valence-electron chi connectivity index (χ0n) is 18.5. The lowest BCUT2D eigenvalue weighted by Gasteiger charge is -2.38. The van der Waals surface area contributed by atoms with Crippen molar-refractivity contribution in [2.75, 3.05) is 57.8 Å². The number of esters is 1. The number of rotatable bonds is 9. The van der Waals surface area contributed by atoms with Crippen molar-refractivity contribution in [2.45, 2.75) is 32.6 Å². The van der Waals surface area contributed by atoms with Crippen molar-refractivity contribution in [3.8, 4) is 5.75 Å². The fraction of sp³-hybridized carbons (Fsp3) is 0.545. The number of methoxy groups -OCH3 is 1. The molecule has 0 atom stereocenters. The second-order valence-electron chi connectivity index (χ2n) is 7.55. The standard InChI is InChI=1S/C22H33N5O3/c1-5-30-22(28)19(15-26(3)13-10-23-2)25-24-18-14-16-8-6-11-27-12-7-9-17(20(16)27)21(18)29-4/h10,13-14,23-24H,5-9,11-12,15H2,1-4H3/b13-10-,25-19-. The molecule has 1 aromatic rings. The molecule has 0 aromatic heterocycles. The Morgan fingerprint density at radius 3 is 2.80 bits per heavy atom. The zero-order valence-corrected chi connectivity index (χ0v) is 18.5. The van der Waals surface area contributed by atoms with Crippen LogP contribution in [0.4, 0.5) is 11.4 Å². The molecule has 0 saturated carbocycles. The predicted octanol–water partition coefficient (Wildman–Crippen LogP) is 2.35. The summed E-state index contributed by atoms with van der Waals surface area (Å²) in [6.07, 6.45) is 7.93. The molecule has 0 amide bonds. The Morgan fingerprint density at radius 1 is 1.33 bits per heavy atom. The Kier molecular flexibility index (Phi) is 7.43. The van der Waals surface area contributed by atoms with E-state index >= 15 is 0 Å². The number of hydrogen-bond acceptors (Lipinski definition) is 8. The molecule has 0 saturated heterocycles. The van der Waals surface area contributed by atoms with E-state index in [1.807, 2.05) is 25.2 Å². The molecule has 0 fully saturated rings. The first-order valence-electron chi connectivity index (χ1n) is 10.6. The molecule has 0 spiro atoms. The molecule has 2 aliphatic rings. The van der Waals surface area contributed by atoms with Crippen LogP contribution in [-0.2, 0) is 22.4 Å². The number of carbonyl (C=O) groups is 1. The maximum Gasteiger partial charge on any atom is 0.356 e. The van der Waals surface area contributed by atoms with Gasteiger partial charge in [-0.2, -0.15) is 5.10 Å². The minimum Gasteiger partial charge on any atom is -0.494 e. The van der Waals surface area contributed by atoms with Gasteiger partial charge in [-0.15, -0.1) is 0 Å². The fourth-order valence-electron chi connectivity index (χ4n) is 4.13. The number of hydrazone groups is 1. The lowest BCUT2D eigenvalue weighted by Crippen LogP contribution is -2.34. The van der Waals surface area contributed by atoms with Crippen molar-refractivity contribution in [3.63, 3.8) is 0 Å². The normalized spacial score (nSPS) is 15.6. The molecule has 2 N–H and O–H groups in total. The molecule has 164 valence electrons. The van der Waals surface area contributed by atoms with E-state index in [1.54, 1.807) is 20.2 Å². The summed E-state index contributed by atoms with van der Waals surface area (Å²) in [6.45, 7) is 4.62. The van der Waals surface area contributed by atoms with E-state index in [0.717, 1.165) is 50.2 Å².